The third-order valence-corrected chi connectivity index (χ3v) is 4.37. The Hall–Kier alpha value is -1.55. The van der Waals surface area contributed by atoms with E-state index in [2.05, 4.69) is 5.32 Å². The van der Waals surface area contributed by atoms with Gasteiger partial charge in [-0.05, 0) is 32.0 Å². The van der Waals surface area contributed by atoms with E-state index in [1.54, 1.807) is 0 Å². The molecule has 0 saturated heterocycles. The largest absolute Gasteiger partial charge is 0.492 e. The van der Waals surface area contributed by atoms with Gasteiger partial charge in [-0.1, -0.05) is 50.3 Å². The number of ether oxygens (including phenoxy) is 1. The lowest BCUT2D eigenvalue weighted by atomic mass is 9.97. The van der Waals surface area contributed by atoms with Crippen molar-refractivity contribution in [3.05, 3.63) is 30.3 Å². The summed E-state index contributed by atoms with van der Waals surface area (Å²) in [7, 11) is 1.96. The first-order chi connectivity index (χ1) is 11.2. The number of hydrogen-bond acceptors (Lipinski definition) is 3. The first-order valence-electron chi connectivity index (χ1n) is 8.90. The number of carbonyl (C=O) groups is 1. The van der Waals surface area contributed by atoms with E-state index in [4.69, 9.17) is 4.74 Å². The highest BCUT2D eigenvalue weighted by Crippen LogP contribution is 2.17. The van der Waals surface area contributed by atoms with Gasteiger partial charge < -0.3 is 10.1 Å². The Morgan fingerprint density at radius 2 is 1.78 bits per heavy atom. The standard InChI is InChI=1S/C19H30N2O2/c1-21(14-15-23-18-12-8-5-9-13-18)16-19(22)20-17-10-6-3-2-4-7-11-17/h5,8-9,12-13,17H,2-4,6-7,10-11,14-16H2,1H3,(H,20,22). The quantitative estimate of drug-likeness (QED) is 0.839. The highest BCUT2D eigenvalue weighted by Gasteiger charge is 2.15. The van der Waals surface area contributed by atoms with Gasteiger partial charge in [0.2, 0.25) is 5.91 Å². The number of hydrogen-bond donors (Lipinski definition) is 1. The summed E-state index contributed by atoms with van der Waals surface area (Å²) in [5.74, 6) is 1.01. The number of nitrogens with one attached hydrogen (secondary N) is 1. The van der Waals surface area contributed by atoms with Crippen LogP contribution in [0.4, 0.5) is 0 Å². The molecule has 0 unspecified atom stereocenters. The Morgan fingerprint density at radius 3 is 2.48 bits per heavy atom. The fourth-order valence-electron chi connectivity index (χ4n) is 3.03. The van der Waals surface area contributed by atoms with Gasteiger partial charge >= 0.3 is 0 Å². The van der Waals surface area contributed by atoms with Crippen LogP contribution in [0.2, 0.25) is 0 Å². The molecule has 0 bridgehead atoms. The summed E-state index contributed by atoms with van der Waals surface area (Å²) in [6.45, 7) is 1.78. The fraction of sp³-hybridized carbons (Fsp3) is 0.632. The van der Waals surface area contributed by atoms with Gasteiger partial charge in [-0.15, -0.1) is 0 Å². The second kappa shape index (κ2) is 10.3. The van der Waals surface area contributed by atoms with E-state index in [0.29, 0.717) is 19.2 Å². The van der Waals surface area contributed by atoms with Gasteiger partial charge in [0.1, 0.15) is 12.4 Å². The van der Waals surface area contributed by atoms with Crippen molar-refractivity contribution in [2.24, 2.45) is 0 Å². The molecule has 1 aromatic rings. The molecule has 0 heterocycles. The monoisotopic (exact) mass is 318 g/mol. The minimum atomic E-state index is 0.137. The number of nitrogens with zero attached hydrogens (tertiary/aromatic N) is 1. The second-order valence-electron chi connectivity index (χ2n) is 6.51. The average Bonchev–Trinajstić information content (AvgIpc) is 2.51. The zero-order chi connectivity index (χ0) is 16.3. The lowest BCUT2D eigenvalue weighted by molar-refractivity contribution is -0.122. The topological polar surface area (TPSA) is 41.6 Å². The predicted octanol–water partition coefficient (Wildman–Crippen LogP) is 3.23. The van der Waals surface area contributed by atoms with Crippen molar-refractivity contribution in [2.45, 2.75) is 51.0 Å². The molecule has 1 N–H and O–H groups in total. The van der Waals surface area contributed by atoms with Gasteiger partial charge in [0, 0.05) is 12.6 Å². The number of likely N-dealkylation sites (N-methyl/N-ethyl adjacent to an activating group) is 1. The summed E-state index contributed by atoms with van der Waals surface area (Å²) in [5.41, 5.74) is 0. The van der Waals surface area contributed by atoms with E-state index >= 15 is 0 Å². The van der Waals surface area contributed by atoms with Crippen LogP contribution in [0.15, 0.2) is 30.3 Å². The highest BCUT2D eigenvalue weighted by molar-refractivity contribution is 5.78. The molecule has 1 amide bonds. The Kier molecular flexibility index (Phi) is 7.95. The molecule has 0 radical (unpaired) electrons. The van der Waals surface area contributed by atoms with Crippen molar-refractivity contribution in [1.29, 1.82) is 0 Å². The molecule has 4 heteroatoms. The summed E-state index contributed by atoms with van der Waals surface area (Å²) in [6.07, 6.45) is 8.72. The van der Waals surface area contributed by atoms with Crippen LogP contribution in [0.1, 0.15) is 44.9 Å². The van der Waals surface area contributed by atoms with Crippen molar-refractivity contribution in [1.82, 2.24) is 10.2 Å². The first kappa shape index (κ1) is 17.8. The molecule has 1 aromatic carbocycles. The van der Waals surface area contributed by atoms with Crippen LogP contribution < -0.4 is 10.1 Å². The normalized spacial score (nSPS) is 16.6. The molecular weight excluding hydrogens is 288 g/mol. The molecule has 1 aliphatic carbocycles. The number of benzene rings is 1. The van der Waals surface area contributed by atoms with Crippen LogP contribution in [0.25, 0.3) is 0 Å². The van der Waals surface area contributed by atoms with Gasteiger partial charge in [-0.3, -0.25) is 9.69 Å². The van der Waals surface area contributed by atoms with E-state index in [-0.39, 0.29) is 5.91 Å². The molecule has 0 atom stereocenters. The predicted molar refractivity (Wildman–Crippen MR) is 93.7 cm³/mol. The van der Waals surface area contributed by atoms with Crippen LogP contribution in [-0.4, -0.2) is 43.6 Å². The molecule has 1 aliphatic rings. The molecule has 23 heavy (non-hydrogen) atoms. The van der Waals surface area contributed by atoms with Gasteiger partial charge in [0.25, 0.3) is 0 Å². The summed E-state index contributed by atoms with van der Waals surface area (Å²) >= 11 is 0. The molecule has 128 valence electrons. The average molecular weight is 318 g/mol. The van der Waals surface area contributed by atoms with Gasteiger partial charge in [-0.25, -0.2) is 0 Å². The van der Waals surface area contributed by atoms with Crippen molar-refractivity contribution in [2.75, 3.05) is 26.7 Å². The summed E-state index contributed by atoms with van der Waals surface area (Å²) in [5, 5.41) is 3.20. The van der Waals surface area contributed by atoms with Gasteiger partial charge in [0.05, 0.1) is 6.54 Å². The minimum Gasteiger partial charge on any atom is -0.492 e. The van der Waals surface area contributed by atoms with Crippen molar-refractivity contribution < 1.29 is 9.53 Å². The zero-order valence-electron chi connectivity index (χ0n) is 14.3. The SMILES string of the molecule is CN(CCOc1ccccc1)CC(=O)NC1CCCCCCC1. The molecule has 0 aromatic heterocycles. The van der Waals surface area contributed by atoms with Crippen LogP contribution in [0.5, 0.6) is 5.75 Å². The summed E-state index contributed by atoms with van der Waals surface area (Å²) < 4.78 is 5.67. The fourth-order valence-corrected chi connectivity index (χ4v) is 3.03. The summed E-state index contributed by atoms with van der Waals surface area (Å²) in [4.78, 5) is 14.2. The maximum Gasteiger partial charge on any atom is 0.234 e. The van der Waals surface area contributed by atoms with E-state index < -0.39 is 0 Å². The van der Waals surface area contributed by atoms with Crippen LogP contribution in [-0.2, 0) is 4.79 Å². The maximum atomic E-state index is 12.2. The highest BCUT2D eigenvalue weighted by atomic mass is 16.5. The third kappa shape index (κ3) is 7.51. The van der Waals surface area contributed by atoms with E-state index in [1.807, 2.05) is 42.3 Å². The Morgan fingerprint density at radius 1 is 1.13 bits per heavy atom. The van der Waals surface area contributed by atoms with Crippen LogP contribution in [0.3, 0.4) is 0 Å². The molecule has 1 saturated carbocycles. The van der Waals surface area contributed by atoms with Crippen molar-refractivity contribution in [3.8, 4) is 5.75 Å². The first-order valence-corrected chi connectivity index (χ1v) is 8.90. The molecule has 0 aliphatic heterocycles. The van der Waals surface area contributed by atoms with E-state index in [0.717, 1.165) is 25.1 Å². The molecule has 2 rings (SSSR count). The molecule has 4 nitrogen and oxygen atoms in total. The Balaban J connectivity index is 1.61. The minimum absolute atomic E-state index is 0.137. The number of amides is 1. The molecule has 1 fully saturated rings. The lowest BCUT2D eigenvalue weighted by Crippen LogP contribution is -2.42. The number of para-hydroxylation sites is 1. The van der Waals surface area contributed by atoms with Crippen LogP contribution >= 0.6 is 0 Å². The molecular formula is C19H30N2O2. The number of rotatable bonds is 7. The van der Waals surface area contributed by atoms with Gasteiger partial charge in [-0.2, -0.15) is 0 Å². The zero-order valence-corrected chi connectivity index (χ0v) is 14.3. The van der Waals surface area contributed by atoms with Crippen molar-refractivity contribution in [3.63, 3.8) is 0 Å². The maximum absolute atomic E-state index is 12.2. The molecule has 0 spiro atoms. The van der Waals surface area contributed by atoms with E-state index in [9.17, 15) is 4.79 Å². The smallest absolute Gasteiger partial charge is 0.234 e. The van der Waals surface area contributed by atoms with Crippen molar-refractivity contribution >= 4 is 5.91 Å². The Labute approximate surface area is 140 Å². The number of carbonyl (C=O) groups excluding carboxylic acids is 1. The lowest BCUT2D eigenvalue weighted by Gasteiger charge is -2.23. The van der Waals surface area contributed by atoms with Gasteiger partial charge in [0.15, 0.2) is 0 Å². The third-order valence-electron chi connectivity index (χ3n) is 4.37. The van der Waals surface area contributed by atoms with Crippen LogP contribution in [0, 0.1) is 0 Å². The Bertz CT molecular complexity index is 442. The second-order valence-corrected chi connectivity index (χ2v) is 6.51. The van der Waals surface area contributed by atoms with E-state index in [1.165, 1.54) is 32.1 Å². The summed E-state index contributed by atoms with van der Waals surface area (Å²) in [6, 6.07) is 10.2.